The standard InChI is InChI=1S/C21H21Cl2N5O2/c1-11-15(14-5-3-4-6-18(14)26-11)9-19(30)28-21(24)25-10-13-7-16(22)20(17(23)8-13)27-12(2)29/h3-8,26H,9-10H2,1-2H3,(H,27,29)(H3,24,25,28,30). The van der Waals surface area contributed by atoms with Crippen molar-refractivity contribution in [3.63, 3.8) is 0 Å². The summed E-state index contributed by atoms with van der Waals surface area (Å²) in [7, 11) is 0. The largest absolute Gasteiger partial charge is 0.370 e. The minimum atomic E-state index is -0.357. The molecule has 5 N–H and O–H groups in total. The van der Waals surface area contributed by atoms with Crippen molar-refractivity contribution in [3.05, 3.63) is 63.3 Å². The van der Waals surface area contributed by atoms with E-state index in [-0.39, 0.29) is 30.7 Å². The number of halogens is 2. The second-order valence-corrected chi connectivity index (χ2v) is 7.63. The van der Waals surface area contributed by atoms with E-state index in [9.17, 15) is 9.59 Å². The number of hydrogen-bond acceptors (Lipinski definition) is 2. The van der Waals surface area contributed by atoms with Gasteiger partial charge in [-0.3, -0.25) is 9.59 Å². The van der Waals surface area contributed by atoms with Crippen LogP contribution in [0.1, 0.15) is 23.7 Å². The number of anilines is 1. The number of para-hydroxylation sites is 1. The van der Waals surface area contributed by atoms with Crippen molar-refractivity contribution in [3.8, 4) is 0 Å². The Kier molecular flexibility index (Phi) is 6.64. The van der Waals surface area contributed by atoms with E-state index in [1.54, 1.807) is 12.1 Å². The zero-order chi connectivity index (χ0) is 21.8. The van der Waals surface area contributed by atoms with Crippen LogP contribution in [-0.4, -0.2) is 22.8 Å². The first-order valence-corrected chi connectivity index (χ1v) is 9.92. The maximum atomic E-state index is 12.4. The van der Waals surface area contributed by atoms with Crippen LogP contribution in [0.15, 0.2) is 41.4 Å². The van der Waals surface area contributed by atoms with E-state index >= 15 is 0 Å². The highest BCUT2D eigenvalue weighted by molar-refractivity contribution is 6.39. The molecule has 2 amide bonds. The SMILES string of the molecule is CC(=O)Nc1c(Cl)cc(CN/C(N)=N/C(=O)Cc2c(C)[nH]c3ccccc23)cc1Cl. The molecule has 3 aromatic rings. The van der Waals surface area contributed by atoms with Crippen LogP contribution in [0, 0.1) is 6.92 Å². The summed E-state index contributed by atoms with van der Waals surface area (Å²) in [5.74, 6) is -0.634. The third kappa shape index (κ3) is 5.11. The highest BCUT2D eigenvalue weighted by atomic mass is 35.5. The topological polar surface area (TPSA) is 112 Å². The summed E-state index contributed by atoms with van der Waals surface area (Å²) in [5.41, 5.74) is 9.73. The number of amides is 2. The molecule has 3 rings (SSSR count). The number of aromatic nitrogens is 1. The maximum absolute atomic E-state index is 12.4. The van der Waals surface area contributed by atoms with Gasteiger partial charge >= 0.3 is 0 Å². The first kappa shape index (κ1) is 21.7. The number of carbonyl (C=O) groups excluding carboxylic acids is 2. The number of hydrogen-bond donors (Lipinski definition) is 4. The Morgan fingerprint density at radius 2 is 1.83 bits per heavy atom. The molecular formula is C21H21Cl2N5O2. The minimum absolute atomic E-state index is 0.00400. The first-order chi connectivity index (χ1) is 14.2. The fraction of sp³-hybridized carbons (Fsp3) is 0.190. The number of rotatable bonds is 5. The number of aryl methyl sites for hydroxylation is 1. The second kappa shape index (κ2) is 9.19. The fourth-order valence-electron chi connectivity index (χ4n) is 3.14. The zero-order valence-electron chi connectivity index (χ0n) is 16.5. The molecule has 0 aliphatic carbocycles. The van der Waals surface area contributed by atoms with Crippen molar-refractivity contribution in [2.24, 2.45) is 10.7 Å². The van der Waals surface area contributed by atoms with Crippen LogP contribution in [0.3, 0.4) is 0 Å². The van der Waals surface area contributed by atoms with E-state index in [1.165, 1.54) is 6.92 Å². The summed E-state index contributed by atoms with van der Waals surface area (Å²) < 4.78 is 0. The van der Waals surface area contributed by atoms with Crippen LogP contribution in [0.25, 0.3) is 10.9 Å². The molecular weight excluding hydrogens is 425 g/mol. The van der Waals surface area contributed by atoms with Crippen molar-refractivity contribution in [2.75, 3.05) is 5.32 Å². The van der Waals surface area contributed by atoms with Gasteiger partial charge in [-0.25, -0.2) is 0 Å². The van der Waals surface area contributed by atoms with Crippen LogP contribution < -0.4 is 16.4 Å². The van der Waals surface area contributed by atoms with Gasteiger partial charge in [0.15, 0.2) is 5.96 Å². The van der Waals surface area contributed by atoms with E-state index in [0.717, 1.165) is 27.7 Å². The Bertz CT molecular complexity index is 1130. The molecule has 0 saturated heterocycles. The van der Waals surface area contributed by atoms with Crippen LogP contribution in [0.2, 0.25) is 10.0 Å². The van der Waals surface area contributed by atoms with Gasteiger partial charge in [0, 0.05) is 30.1 Å². The lowest BCUT2D eigenvalue weighted by Gasteiger charge is -2.11. The zero-order valence-corrected chi connectivity index (χ0v) is 18.0. The molecule has 0 aliphatic rings. The summed E-state index contributed by atoms with van der Waals surface area (Å²) in [6, 6.07) is 11.1. The Hall–Kier alpha value is -3.03. The molecule has 0 fully saturated rings. The normalized spacial score (nSPS) is 11.5. The third-order valence-corrected chi connectivity index (χ3v) is 5.07. The summed E-state index contributed by atoms with van der Waals surface area (Å²) >= 11 is 12.3. The van der Waals surface area contributed by atoms with Gasteiger partial charge in [-0.2, -0.15) is 4.99 Å². The van der Waals surface area contributed by atoms with Crippen molar-refractivity contribution in [2.45, 2.75) is 26.8 Å². The second-order valence-electron chi connectivity index (χ2n) is 6.81. The van der Waals surface area contributed by atoms with Crippen molar-refractivity contribution < 1.29 is 9.59 Å². The molecule has 0 bridgehead atoms. The molecule has 0 radical (unpaired) electrons. The average molecular weight is 446 g/mol. The Balaban J connectivity index is 1.66. The van der Waals surface area contributed by atoms with E-state index in [1.807, 2.05) is 31.2 Å². The van der Waals surface area contributed by atoms with Gasteiger partial charge in [0.1, 0.15) is 0 Å². The van der Waals surface area contributed by atoms with Gasteiger partial charge in [0.05, 0.1) is 22.2 Å². The van der Waals surface area contributed by atoms with Crippen molar-refractivity contribution >= 4 is 57.6 Å². The van der Waals surface area contributed by atoms with Crippen molar-refractivity contribution in [1.82, 2.24) is 10.3 Å². The number of fused-ring (bicyclic) bond motifs is 1. The molecule has 1 heterocycles. The number of H-pyrrole nitrogens is 1. The molecule has 0 atom stereocenters. The minimum Gasteiger partial charge on any atom is -0.370 e. The Labute approximate surface area is 183 Å². The average Bonchev–Trinajstić information content (AvgIpc) is 2.98. The number of aromatic amines is 1. The monoisotopic (exact) mass is 445 g/mol. The molecule has 0 saturated carbocycles. The van der Waals surface area contributed by atoms with Crippen LogP contribution in [0.5, 0.6) is 0 Å². The van der Waals surface area contributed by atoms with Gasteiger partial charge in [-0.1, -0.05) is 41.4 Å². The summed E-state index contributed by atoms with van der Waals surface area (Å²) in [6.07, 6.45) is 0.140. The number of nitrogens with one attached hydrogen (secondary N) is 3. The molecule has 1 aromatic heterocycles. The third-order valence-electron chi connectivity index (χ3n) is 4.48. The lowest BCUT2D eigenvalue weighted by Crippen LogP contribution is -2.32. The predicted octanol–water partition coefficient (Wildman–Crippen LogP) is 3.92. The number of aliphatic imine (C=N–C) groups is 1. The lowest BCUT2D eigenvalue weighted by molar-refractivity contribution is -0.117. The van der Waals surface area contributed by atoms with Gasteiger partial charge in [-0.05, 0) is 36.2 Å². The molecule has 0 aliphatic heterocycles. The van der Waals surface area contributed by atoms with Crippen LogP contribution in [-0.2, 0) is 22.6 Å². The summed E-state index contributed by atoms with van der Waals surface area (Å²) in [5, 5.41) is 7.05. The summed E-state index contributed by atoms with van der Waals surface area (Å²) in [4.78, 5) is 30.8. The van der Waals surface area contributed by atoms with Crippen LogP contribution in [0.4, 0.5) is 5.69 Å². The number of carbonyl (C=O) groups is 2. The molecule has 9 heteroatoms. The quantitative estimate of drug-likeness (QED) is 0.352. The van der Waals surface area contributed by atoms with E-state index in [2.05, 4.69) is 20.6 Å². The van der Waals surface area contributed by atoms with Crippen molar-refractivity contribution in [1.29, 1.82) is 0 Å². The van der Waals surface area contributed by atoms with Gasteiger partial charge < -0.3 is 21.4 Å². The first-order valence-electron chi connectivity index (χ1n) is 9.17. The van der Waals surface area contributed by atoms with E-state index in [4.69, 9.17) is 28.9 Å². The predicted molar refractivity (Wildman–Crippen MR) is 121 cm³/mol. The molecule has 30 heavy (non-hydrogen) atoms. The van der Waals surface area contributed by atoms with Crippen LogP contribution >= 0.6 is 23.2 Å². The number of benzene rings is 2. The van der Waals surface area contributed by atoms with Gasteiger partial charge in [0.2, 0.25) is 5.91 Å². The smallest absolute Gasteiger partial charge is 0.253 e. The molecule has 0 unspecified atom stereocenters. The Morgan fingerprint density at radius 1 is 1.17 bits per heavy atom. The number of nitrogens with zero attached hydrogens (tertiary/aromatic N) is 1. The summed E-state index contributed by atoms with van der Waals surface area (Å²) in [6.45, 7) is 3.55. The van der Waals surface area contributed by atoms with E-state index < -0.39 is 0 Å². The Morgan fingerprint density at radius 3 is 2.50 bits per heavy atom. The molecule has 156 valence electrons. The van der Waals surface area contributed by atoms with Gasteiger partial charge in [0.25, 0.3) is 5.91 Å². The number of guanidine groups is 1. The highest BCUT2D eigenvalue weighted by Crippen LogP contribution is 2.31. The lowest BCUT2D eigenvalue weighted by atomic mass is 10.1. The number of nitrogens with two attached hydrogens (primary N) is 1. The fourth-order valence-corrected chi connectivity index (χ4v) is 3.77. The molecule has 0 spiro atoms. The molecule has 2 aromatic carbocycles. The van der Waals surface area contributed by atoms with E-state index in [0.29, 0.717) is 15.7 Å². The molecule has 7 nitrogen and oxygen atoms in total. The van der Waals surface area contributed by atoms with Gasteiger partial charge in [-0.15, -0.1) is 0 Å². The highest BCUT2D eigenvalue weighted by Gasteiger charge is 2.13. The maximum Gasteiger partial charge on any atom is 0.253 e.